The second-order valence-corrected chi connectivity index (χ2v) is 5.20. The van der Waals surface area contributed by atoms with E-state index in [9.17, 15) is 0 Å². The van der Waals surface area contributed by atoms with Crippen LogP contribution in [0.5, 0.6) is 0 Å². The lowest BCUT2D eigenvalue weighted by atomic mass is 10.0. The number of aromatic nitrogens is 5. The van der Waals surface area contributed by atoms with Crippen LogP contribution in [0.25, 0.3) is 0 Å². The normalized spacial score (nSPS) is 10.9. The first-order chi connectivity index (χ1) is 10.1. The molecule has 0 saturated carbocycles. The summed E-state index contributed by atoms with van der Waals surface area (Å²) in [5.74, 6) is 3.09. The summed E-state index contributed by atoms with van der Waals surface area (Å²) in [4.78, 5) is 8.71. The molecule has 7 nitrogen and oxygen atoms in total. The van der Waals surface area contributed by atoms with E-state index in [1.807, 2.05) is 11.6 Å². The Morgan fingerprint density at radius 1 is 1.19 bits per heavy atom. The van der Waals surface area contributed by atoms with E-state index in [0.29, 0.717) is 5.92 Å². The molecule has 2 aromatic heterocycles. The van der Waals surface area contributed by atoms with Crippen LogP contribution in [0.4, 0.5) is 11.6 Å². The molecule has 0 aliphatic carbocycles. The van der Waals surface area contributed by atoms with Gasteiger partial charge in [0, 0.05) is 32.1 Å². The number of anilines is 2. The van der Waals surface area contributed by atoms with E-state index in [1.54, 1.807) is 12.7 Å². The van der Waals surface area contributed by atoms with Crippen LogP contribution in [0.3, 0.4) is 0 Å². The van der Waals surface area contributed by atoms with Gasteiger partial charge in [0.1, 0.15) is 30.1 Å². The summed E-state index contributed by atoms with van der Waals surface area (Å²) in [5.41, 5.74) is 1.12. The van der Waals surface area contributed by atoms with Crippen LogP contribution < -0.4 is 10.6 Å². The Morgan fingerprint density at radius 3 is 2.48 bits per heavy atom. The molecule has 2 N–H and O–H groups in total. The second-order valence-electron chi connectivity index (χ2n) is 5.20. The van der Waals surface area contributed by atoms with E-state index in [2.05, 4.69) is 51.6 Å². The number of nitrogens with one attached hydrogen (secondary N) is 2. The van der Waals surface area contributed by atoms with Gasteiger partial charge in [-0.15, -0.1) is 10.2 Å². The third-order valence-corrected chi connectivity index (χ3v) is 3.25. The van der Waals surface area contributed by atoms with Crippen LogP contribution in [-0.2, 0) is 13.5 Å². The molecule has 2 heterocycles. The van der Waals surface area contributed by atoms with Crippen molar-refractivity contribution in [2.45, 2.75) is 33.1 Å². The standard InChI is InChI=1S/C14H23N7/c1-5-15-13-12(10(2)3)14(18-8-17-13)16-7-6-11-20-19-9-21(11)4/h8-10H,5-7H2,1-4H3,(H2,15,16,17,18). The molecule has 0 amide bonds. The highest BCUT2D eigenvalue weighted by atomic mass is 15.2. The van der Waals surface area contributed by atoms with E-state index in [1.165, 1.54) is 0 Å². The lowest BCUT2D eigenvalue weighted by molar-refractivity contribution is 0.783. The second kappa shape index (κ2) is 7.01. The van der Waals surface area contributed by atoms with Gasteiger partial charge in [0.05, 0.1) is 0 Å². The van der Waals surface area contributed by atoms with Gasteiger partial charge in [-0.1, -0.05) is 13.8 Å². The molecular weight excluding hydrogens is 266 g/mol. The number of nitrogens with zero attached hydrogens (tertiary/aromatic N) is 5. The first-order valence-corrected chi connectivity index (χ1v) is 7.29. The molecule has 0 spiro atoms. The van der Waals surface area contributed by atoms with Crippen molar-refractivity contribution in [3.05, 3.63) is 24.0 Å². The van der Waals surface area contributed by atoms with Crippen molar-refractivity contribution >= 4 is 11.6 Å². The minimum absolute atomic E-state index is 0.345. The minimum Gasteiger partial charge on any atom is -0.370 e. The Bertz CT molecular complexity index is 576. The molecular formula is C14H23N7. The Kier molecular flexibility index (Phi) is 5.08. The molecule has 2 aromatic rings. The Morgan fingerprint density at radius 2 is 1.90 bits per heavy atom. The Labute approximate surface area is 125 Å². The fraction of sp³-hybridized carbons (Fsp3) is 0.571. The fourth-order valence-electron chi connectivity index (χ4n) is 2.22. The average molecular weight is 289 g/mol. The van der Waals surface area contributed by atoms with Gasteiger partial charge in [-0.05, 0) is 12.8 Å². The van der Waals surface area contributed by atoms with E-state index in [-0.39, 0.29) is 0 Å². The topological polar surface area (TPSA) is 80.6 Å². The highest BCUT2D eigenvalue weighted by molar-refractivity contribution is 5.58. The summed E-state index contributed by atoms with van der Waals surface area (Å²) in [7, 11) is 1.95. The number of rotatable bonds is 7. The third kappa shape index (κ3) is 3.68. The highest BCUT2D eigenvalue weighted by Gasteiger charge is 2.14. The molecule has 2 rings (SSSR count). The predicted octanol–water partition coefficient (Wildman–Crippen LogP) is 1.81. The Hall–Kier alpha value is -2.18. The maximum absolute atomic E-state index is 4.38. The van der Waals surface area contributed by atoms with Gasteiger partial charge >= 0.3 is 0 Å². The lowest BCUT2D eigenvalue weighted by Gasteiger charge is -2.17. The summed E-state index contributed by atoms with van der Waals surface area (Å²) in [6.07, 6.45) is 4.10. The molecule has 0 fully saturated rings. The smallest absolute Gasteiger partial charge is 0.135 e. The van der Waals surface area contributed by atoms with Gasteiger partial charge in [-0.25, -0.2) is 9.97 Å². The summed E-state index contributed by atoms with van der Waals surface area (Å²) < 4.78 is 1.93. The van der Waals surface area contributed by atoms with Crippen LogP contribution in [0.1, 0.15) is 38.1 Å². The summed E-state index contributed by atoms with van der Waals surface area (Å²) >= 11 is 0. The van der Waals surface area contributed by atoms with E-state index in [0.717, 1.165) is 42.5 Å². The van der Waals surface area contributed by atoms with E-state index >= 15 is 0 Å². The van der Waals surface area contributed by atoms with Crippen molar-refractivity contribution in [2.24, 2.45) is 7.05 Å². The summed E-state index contributed by atoms with van der Waals surface area (Å²) in [6, 6.07) is 0. The van der Waals surface area contributed by atoms with Crippen molar-refractivity contribution in [2.75, 3.05) is 23.7 Å². The molecule has 7 heteroatoms. The van der Waals surface area contributed by atoms with Gasteiger partial charge in [-0.2, -0.15) is 0 Å². The molecule has 0 aliphatic heterocycles. The average Bonchev–Trinajstić information content (AvgIpc) is 2.85. The maximum atomic E-state index is 4.38. The van der Waals surface area contributed by atoms with Gasteiger partial charge < -0.3 is 15.2 Å². The third-order valence-electron chi connectivity index (χ3n) is 3.25. The van der Waals surface area contributed by atoms with Gasteiger partial charge in [-0.3, -0.25) is 0 Å². The van der Waals surface area contributed by atoms with E-state index in [4.69, 9.17) is 0 Å². The number of hydrogen-bond donors (Lipinski definition) is 2. The Balaban J connectivity index is 2.08. The zero-order valence-corrected chi connectivity index (χ0v) is 13.1. The maximum Gasteiger partial charge on any atom is 0.135 e. The van der Waals surface area contributed by atoms with Gasteiger partial charge in [0.15, 0.2) is 0 Å². The molecule has 114 valence electrons. The fourth-order valence-corrected chi connectivity index (χ4v) is 2.22. The first-order valence-electron chi connectivity index (χ1n) is 7.29. The minimum atomic E-state index is 0.345. The molecule has 0 bridgehead atoms. The summed E-state index contributed by atoms with van der Waals surface area (Å²) in [5, 5.41) is 14.6. The van der Waals surface area contributed by atoms with Gasteiger partial charge in [0.25, 0.3) is 0 Å². The van der Waals surface area contributed by atoms with Crippen molar-refractivity contribution < 1.29 is 0 Å². The molecule has 0 unspecified atom stereocenters. The van der Waals surface area contributed by atoms with Crippen molar-refractivity contribution in [1.82, 2.24) is 24.7 Å². The SMILES string of the molecule is CCNc1ncnc(NCCc2nncn2C)c1C(C)C. The zero-order valence-electron chi connectivity index (χ0n) is 13.1. The van der Waals surface area contributed by atoms with E-state index < -0.39 is 0 Å². The zero-order chi connectivity index (χ0) is 15.2. The number of hydrogen-bond acceptors (Lipinski definition) is 6. The van der Waals surface area contributed by atoms with Gasteiger partial charge in [0.2, 0.25) is 0 Å². The first kappa shape index (κ1) is 15.2. The number of aryl methyl sites for hydroxylation is 1. The summed E-state index contributed by atoms with van der Waals surface area (Å²) in [6.45, 7) is 7.96. The van der Waals surface area contributed by atoms with Crippen molar-refractivity contribution in [3.63, 3.8) is 0 Å². The van der Waals surface area contributed by atoms with Crippen LogP contribution in [0.15, 0.2) is 12.7 Å². The van der Waals surface area contributed by atoms with Crippen LogP contribution in [-0.4, -0.2) is 37.8 Å². The lowest BCUT2D eigenvalue weighted by Crippen LogP contribution is -2.14. The molecule has 0 aromatic carbocycles. The largest absolute Gasteiger partial charge is 0.370 e. The van der Waals surface area contributed by atoms with Crippen LogP contribution in [0.2, 0.25) is 0 Å². The van der Waals surface area contributed by atoms with Crippen molar-refractivity contribution in [3.8, 4) is 0 Å². The molecule has 0 saturated heterocycles. The quantitative estimate of drug-likeness (QED) is 0.809. The van der Waals surface area contributed by atoms with Crippen LogP contribution in [0, 0.1) is 0 Å². The monoisotopic (exact) mass is 289 g/mol. The molecule has 0 radical (unpaired) electrons. The molecule has 0 atom stereocenters. The molecule has 21 heavy (non-hydrogen) atoms. The predicted molar refractivity (Wildman–Crippen MR) is 83.5 cm³/mol. The molecule has 0 aliphatic rings. The van der Waals surface area contributed by atoms with Crippen molar-refractivity contribution in [1.29, 1.82) is 0 Å². The van der Waals surface area contributed by atoms with Crippen LogP contribution >= 0.6 is 0 Å². The highest BCUT2D eigenvalue weighted by Crippen LogP contribution is 2.28.